The largest absolute Gasteiger partial charge is 0.370 e. The topological polar surface area (TPSA) is 79.6 Å². The lowest BCUT2D eigenvalue weighted by atomic mass is 10.1. The molecule has 0 bridgehead atoms. The van der Waals surface area contributed by atoms with Crippen molar-refractivity contribution in [3.63, 3.8) is 0 Å². The van der Waals surface area contributed by atoms with Gasteiger partial charge >= 0.3 is 0 Å². The molecule has 0 saturated carbocycles. The van der Waals surface area contributed by atoms with Crippen molar-refractivity contribution in [1.29, 1.82) is 0 Å². The number of aryl methyl sites for hydroxylation is 2. The standard InChI is InChI=1S/C18H23N5O2S.ClH/c1-12-15(11-22(4)5)13(2)23-18(20-12)16(17(19-3)21-23)26(24,25)14-9-7-6-8-10-14;/h6-10H,11H2,1-5H3,(H,19,21);1H. The minimum absolute atomic E-state index is 0. The van der Waals surface area contributed by atoms with Crippen molar-refractivity contribution in [3.05, 3.63) is 47.3 Å². The van der Waals surface area contributed by atoms with Gasteiger partial charge in [0.2, 0.25) is 9.84 Å². The molecule has 3 aromatic rings. The van der Waals surface area contributed by atoms with Crippen molar-refractivity contribution in [3.8, 4) is 0 Å². The molecule has 7 nitrogen and oxygen atoms in total. The van der Waals surface area contributed by atoms with Gasteiger partial charge in [0.15, 0.2) is 16.4 Å². The monoisotopic (exact) mass is 409 g/mol. The van der Waals surface area contributed by atoms with E-state index in [-0.39, 0.29) is 22.2 Å². The maximum Gasteiger partial charge on any atom is 0.214 e. The Labute approximate surface area is 165 Å². The Hall–Kier alpha value is -2.16. The molecule has 1 aromatic carbocycles. The molecule has 3 rings (SSSR count). The Bertz CT molecular complexity index is 1060. The van der Waals surface area contributed by atoms with Gasteiger partial charge in [-0.2, -0.15) is 0 Å². The van der Waals surface area contributed by atoms with Crippen LogP contribution < -0.4 is 5.32 Å². The average molecular weight is 410 g/mol. The smallest absolute Gasteiger partial charge is 0.214 e. The third-order valence-corrected chi connectivity index (χ3v) is 6.12. The molecule has 0 fully saturated rings. The predicted octanol–water partition coefficient (Wildman–Crippen LogP) is 2.70. The van der Waals surface area contributed by atoms with Crippen LogP contribution in [0.4, 0.5) is 5.82 Å². The molecule has 0 aliphatic carbocycles. The number of sulfone groups is 1. The fourth-order valence-corrected chi connectivity index (χ4v) is 4.54. The SMILES string of the molecule is CNc1nn2c(C)c(CN(C)C)c(C)nc2c1S(=O)(=O)c1ccccc1.Cl. The minimum Gasteiger partial charge on any atom is -0.370 e. The average Bonchev–Trinajstić information content (AvgIpc) is 2.98. The Balaban J connectivity index is 0.00000261. The lowest BCUT2D eigenvalue weighted by molar-refractivity contribution is 0.398. The van der Waals surface area contributed by atoms with Gasteiger partial charge < -0.3 is 10.2 Å². The Kier molecular flexibility index (Phi) is 6.14. The quantitative estimate of drug-likeness (QED) is 0.697. The Morgan fingerprint density at radius 1 is 1.15 bits per heavy atom. The highest BCUT2D eigenvalue weighted by Crippen LogP contribution is 2.32. The summed E-state index contributed by atoms with van der Waals surface area (Å²) < 4.78 is 28.1. The molecule has 2 heterocycles. The van der Waals surface area contributed by atoms with E-state index < -0.39 is 9.84 Å². The predicted molar refractivity (Wildman–Crippen MR) is 109 cm³/mol. The molecule has 0 saturated heterocycles. The highest BCUT2D eigenvalue weighted by atomic mass is 35.5. The van der Waals surface area contributed by atoms with Gasteiger partial charge in [-0.05, 0) is 40.1 Å². The van der Waals surface area contributed by atoms with E-state index in [0.29, 0.717) is 18.0 Å². The maximum atomic E-state index is 13.2. The molecule has 2 aromatic heterocycles. The highest BCUT2D eigenvalue weighted by molar-refractivity contribution is 7.91. The number of nitrogens with one attached hydrogen (secondary N) is 1. The summed E-state index contributed by atoms with van der Waals surface area (Å²) in [5.41, 5.74) is 3.06. The van der Waals surface area contributed by atoms with E-state index in [4.69, 9.17) is 0 Å². The van der Waals surface area contributed by atoms with Crippen LogP contribution in [0.3, 0.4) is 0 Å². The zero-order chi connectivity index (χ0) is 19.1. The fourth-order valence-electron chi connectivity index (χ4n) is 3.02. The van der Waals surface area contributed by atoms with Gasteiger partial charge in [-0.3, -0.25) is 0 Å². The lowest BCUT2D eigenvalue weighted by Gasteiger charge is -2.15. The first-order valence-electron chi connectivity index (χ1n) is 8.28. The molecule has 9 heteroatoms. The number of fused-ring (bicyclic) bond motifs is 1. The van der Waals surface area contributed by atoms with Gasteiger partial charge in [-0.25, -0.2) is 17.9 Å². The molecule has 0 unspecified atom stereocenters. The Morgan fingerprint density at radius 3 is 2.33 bits per heavy atom. The van der Waals surface area contributed by atoms with Gasteiger partial charge in [-0.15, -0.1) is 17.5 Å². The number of nitrogens with zero attached hydrogens (tertiary/aromatic N) is 4. The molecule has 0 atom stereocenters. The zero-order valence-electron chi connectivity index (χ0n) is 16.0. The molecular formula is C18H24ClN5O2S. The van der Waals surface area contributed by atoms with Crippen LogP contribution in [-0.2, 0) is 16.4 Å². The number of benzene rings is 1. The van der Waals surface area contributed by atoms with Crippen LogP contribution in [0.5, 0.6) is 0 Å². The second-order valence-corrected chi connectivity index (χ2v) is 8.37. The highest BCUT2D eigenvalue weighted by Gasteiger charge is 2.29. The van der Waals surface area contributed by atoms with Crippen LogP contribution in [0.2, 0.25) is 0 Å². The van der Waals surface area contributed by atoms with Crippen LogP contribution in [0.1, 0.15) is 17.0 Å². The summed E-state index contributed by atoms with van der Waals surface area (Å²) in [6, 6.07) is 8.36. The van der Waals surface area contributed by atoms with Crippen molar-refractivity contribution in [1.82, 2.24) is 19.5 Å². The van der Waals surface area contributed by atoms with Crippen molar-refractivity contribution in [2.45, 2.75) is 30.2 Å². The summed E-state index contributed by atoms with van der Waals surface area (Å²) in [6.07, 6.45) is 0. The number of anilines is 1. The number of hydrogen-bond acceptors (Lipinski definition) is 6. The van der Waals surface area contributed by atoms with E-state index in [0.717, 1.165) is 17.0 Å². The number of hydrogen-bond donors (Lipinski definition) is 1. The lowest BCUT2D eigenvalue weighted by Crippen LogP contribution is -2.16. The van der Waals surface area contributed by atoms with Crippen LogP contribution in [-0.4, -0.2) is 49.1 Å². The van der Waals surface area contributed by atoms with Crippen molar-refractivity contribution in [2.24, 2.45) is 0 Å². The van der Waals surface area contributed by atoms with Crippen LogP contribution in [0.25, 0.3) is 5.65 Å². The van der Waals surface area contributed by atoms with E-state index >= 15 is 0 Å². The van der Waals surface area contributed by atoms with Crippen LogP contribution in [0, 0.1) is 13.8 Å². The van der Waals surface area contributed by atoms with Gasteiger partial charge in [0.25, 0.3) is 0 Å². The molecule has 0 aliphatic rings. The summed E-state index contributed by atoms with van der Waals surface area (Å²) >= 11 is 0. The second-order valence-electron chi connectivity index (χ2n) is 6.48. The fraction of sp³-hybridized carbons (Fsp3) is 0.333. The van der Waals surface area contributed by atoms with E-state index in [9.17, 15) is 8.42 Å². The van der Waals surface area contributed by atoms with E-state index in [1.165, 1.54) is 0 Å². The van der Waals surface area contributed by atoms with Crippen molar-refractivity contribution in [2.75, 3.05) is 26.5 Å². The molecule has 1 N–H and O–H groups in total. The summed E-state index contributed by atoms with van der Waals surface area (Å²) in [6.45, 7) is 4.54. The summed E-state index contributed by atoms with van der Waals surface area (Å²) in [7, 11) is 1.87. The first-order chi connectivity index (χ1) is 12.3. The van der Waals surface area contributed by atoms with Gasteiger partial charge in [-0.1, -0.05) is 18.2 Å². The van der Waals surface area contributed by atoms with E-state index in [1.807, 2.05) is 32.8 Å². The number of aromatic nitrogens is 3. The van der Waals surface area contributed by atoms with Crippen molar-refractivity contribution >= 4 is 33.7 Å². The molecule has 146 valence electrons. The third kappa shape index (κ3) is 3.65. The van der Waals surface area contributed by atoms with Gasteiger partial charge in [0.1, 0.15) is 0 Å². The first kappa shape index (κ1) is 21.1. The molecule has 27 heavy (non-hydrogen) atoms. The van der Waals surface area contributed by atoms with E-state index in [2.05, 4.69) is 15.4 Å². The summed E-state index contributed by atoms with van der Waals surface area (Å²) in [5.74, 6) is 0.297. The summed E-state index contributed by atoms with van der Waals surface area (Å²) in [4.78, 5) is 6.98. The summed E-state index contributed by atoms with van der Waals surface area (Å²) in [5, 5.41) is 7.38. The zero-order valence-corrected chi connectivity index (χ0v) is 17.6. The molecule has 0 radical (unpaired) electrons. The number of rotatable bonds is 5. The van der Waals surface area contributed by atoms with Crippen LogP contribution in [0.15, 0.2) is 40.1 Å². The van der Waals surface area contributed by atoms with Gasteiger partial charge in [0.05, 0.1) is 4.90 Å². The molecule has 0 amide bonds. The third-order valence-electron chi connectivity index (χ3n) is 4.32. The second kappa shape index (κ2) is 7.84. The van der Waals surface area contributed by atoms with E-state index in [1.54, 1.807) is 41.9 Å². The molecule has 0 spiro atoms. The Morgan fingerprint density at radius 2 is 1.78 bits per heavy atom. The van der Waals surface area contributed by atoms with Crippen LogP contribution >= 0.6 is 12.4 Å². The number of halogens is 1. The normalized spacial score (nSPS) is 11.6. The molecular weight excluding hydrogens is 386 g/mol. The van der Waals surface area contributed by atoms with Crippen molar-refractivity contribution < 1.29 is 8.42 Å². The van der Waals surface area contributed by atoms with Gasteiger partial charge in [0, 0.05) is 30.5 Å². The molecule has 0 aliphatic heterocycles. The first-order valence-corrected chi connectivity index (χ1v) is 9.77. The maximum absolute atomic E-state index is 13.2. The minimum atomic E-state index is -3.75.